The number of phosphoric ester groups is 1. The smallest absolute Gasteiger partial charge is 0.268 e. The molecule has 2 aromatic rings. The fraction of sp³-hybridized carbons (Fsp3) is 0.688. The summed E-state index contributed by atoms with van der Waals surface area (Å²) in [5.74, 6) is 0.190. The van der Waals surface area contributed by atoms with Gasteiger partial charge in [0.15, 0.2) is 17.7 Å². The Labute approximate surface area is 168 Å². The van der Waals surface area contributed by atoms with Crippen LogP contribution in [0.2, 0.25) is 0 Å². The molecule has 4 heterocycles. The Morgan fingerprint density at radius 2 is 1.86 bits per heavy atom. The molecule has 0 spiro atoms. The lowest BCUT2D eigenvalue weighted by molar-refractivity contribution is -0.894. The third-order valence-electron chi connectivity index (χ3n) is 5.13. The van der Waals surface area contributed by atoms with Crippen LogP contribution in [0.25, 0.3) is 11.2 Å². The number of nitrogens with two attached hydrogens (primary N) is 1. The maximum atomic E-state index is 11.5. The molecule has 0 saturated carbocycles. The maximum Gasteiger partial charge on any atom is 0.268 e. The average Bonchev–Trinajstić information content (AvgIpc) is 3.35. The molecule has 2 aliphatic rings. The van der Waals surface area contributed by atoms with Gasteiger partial charge in [-0.25, -0.2) is 15.0 Å². The minimum absolute atomic E-state index is 0.190. The minimum atomic E-state index is -4.41. The third-order valence-corrected chi connectivity index (χ3v) is 6.13. The molecular weight excluding hydrogens is 408 g/mol. The van der Waals surface area contributed by atoms with Crippen molar-refractivity contribution in [2.75, 3.05) is 32.0 Å². The van der Waals surface area contributed by atoms with Crippen LogP contribution in [0, 0.1) is 0 Å². The molecule has 0 radical (unpaired) electrons. The van der Waals surface area contributed by atoms with E-state index in [1.165, 1.54) is 36.9 Å². The molecule has 5 unspecified atom stereocenters. The standard InChI is InChI=1S/C10H12N5O6P.C6H15N/c11-8-5-9(13-2-12-8)15(3-14-5)10-7-6(4(1-16)19-10)20-22(17,18)21-7;1-4-7(5-2)6-3/h2-4,6-7,10,16H,1H2,(H,17,18)(H2,11,12,13);4-6H2,1-3H3/i1+1,4+1,6+1,7+1,10+1;. The van der Waals surface area contributed by atoms with Crippen LogP contribution in [-0.2, 0) is 18.3 Å². The van der Waals surface area contributed by atoms with Gasteiger partial charge in [-0.05, 0) is 20.8 Å². The second kappa shape index (κ2) is 9.00. The van der Waals surface area contributed by atoms with E-state index in [4.69, 9.17) is 19.5 Å². The summed E-state index contributed by atoms with van der Waals surface area (Å²) in [7, 11) is -4.41. The summed E-state index contributed by atoms with van der Waals surface area (Å²) in [6.45, 7) is 10.1. The lowest BCUT2D eigenvalue weighted by Gasteiger charge is -2.22. The normalized spacial score (nSPS) is 31.1. The van der Waals surface area contributed by atoms with E-state index in [0.717, 1.165) is 0 Å². The van der Waals surface area contributed by atoms with Crippen LogP contribution in [0.1, 0.15) is 27.0 Å². The number of fused-ring (bicyclic) bond motifs is 2. The van der Waals surface area contributed by atoms with Gasteiger partial charge in [0, 0.05) is 0 Å². The Hall–Kier alpha value is -1.66. The molecule has 29 heavy (non-hydrogen) atoms. The van der Waals surface area contributed by atoms with Gasteiger partial charge >= 0.3 is 0 Å². The number of nitrogens with zero attached hydrogens (tertiary/aromatic N) is 4. The van der Waals surface area contributed by atoms with Gasteiger partial charge in [-0.2, -0.15) is 0 Å². The summed E-state index contributed by atoms with van der Waals surface area (Å²) >= 11 is 0. The van der Waals surface area contributed by atoms with Gasteiger partial charge in [0.1, 0.15) is 30.2 Å². The first-order chi connectivity index (χ1) is 13.8. The molecule has 0 aliphatic carbocycles. The number of ether oxygens (including phenoxy) is 1. The molecule has 12 nitrogen and oxygen atoms in total. The van der Waals surface area contributed by atoms with Gasteiger partial charge < -0.3 is 34.4 Å². The Balaban J connectivity index is 0.000000298. The number of quaternary nitrogens is 1. The van der Waals surface area contributed by atoms with Crippen molar-refractivity contribution in [1.82, 2.24) is 19.5 Å². The SMILES string of the molecule is CC[NH+](CC)CC.Nc1ncnc2c1ncn2[13CH]1O[13CH]([13CH2]O)[13CH]2OP(=O)([O-])O[13CH]21. The van der Waals surface area contributed by atoms with E-state index in [9.17, 15) is 14.6 Å². The van der Waals surface area contributed by atoms with Crippen LogP contribution in [0.5, 0.6) is 0 Å². The van der Waals surface area contributed by atoms with Crippen molar-refractivity contribution in [3.63, 3.8) is 0 Å². The van der Waals surface area contributed by atoms with Crippen molar-refractivity contribution in [1.29, 1.82) is 0 Å². The summed E-state index contributed by atoms with van der Waals surface area (Å²) in [5, 5.41) is 9.33. The number of aliphatic hydroxyl groups is 1. The van der Waals surface area contributed by atoms with Crippen molar-refractivity contribution < 1.29 is 33.2 Å². The molecule has 2 fully saturated rings. The van der Waals surface area contributed by atoms with Crippen LogP contribution in [0.3, 0.4) is 0 Å². The fourth-order valence-corrected chi connectivity index (χ4v) is 4.57. The van der Waals surface area contributed by atoms with Gasteiger partial charge in [-0.1, -0.05) is 0 Å². The van der Waals surface area contributed by atoms with E-state index in [-0.39, 0.29) is 5.82 Å². The van der Waals surface area contributed by atoms with Crippen molar-refractivity contribution >= 4 is 24.8 Å². The van der Waals surface area contributed by atoms with E-state index in [0.29, 0.717) is 11.2 Å². The first-order valence-electron chi connectivity index (χ1n) is 9.55. The molecule has 2 aromatic heterocycles. The first-order valence-corrected chi connectivity index (χ1v) is 11.0. The summed E-state index contributed by atoms with van der Waals surface area (Å²) in [6, 6.07) is 0. The molecule has 2 aliphatic heterocycles. The van der Waals surface area contributed by atoms with E-state index >= 15 is 0 Å². The number of nitrogens with one attached hydrogen (secondary N) is 1. The van der Waals surface area contributed by atoms with Gasteiger partial charge in [-0.3, -0.25) is 9.13 Å². The number of aromatic nitrogens is 4. The quantitative estimate of drug-likeness (QED) is 0.371. The third kappa shape index (κ3) is 4.43. The predicted molar refractivity (Wildman–Crippen MR) is 101 cm³/mol. The Morgan fingerprint density at radius 3 is 2.45 bits per heavy atom. The minimum Gasteiger partial charge on any atom is -0.756 e. The van der Waals surface area contributed by atoms with Gasteiger partial charge in [0.05, 0.1) is 32.6 Å². The molecular formula is C16H27N6O6P. The zero-order valence-electron chi connectivity index (χ0n) is 16.6. The van der Waals surface area contributed by atoms with Crippen LogP contribution in [-0.4, -0.2) is 69.2 Å². The van der Waals surface area contributed by atoms with Crippen LogP contribution >= 0.6 is 7.82 Å². The van der Waals surface area contributed by atoms with Gasteiger partial charge in [0.2, 0.25) is 0 Å². The summed E-state index contributed by atoms with van der Waals surface area (Å²) in [5.41, 5.74) is 6.44. The number of hydrogen-bond acceptors (Lipinski definition) is 10. The zero-order chi connectivity index (χ0) is 21.2. The second-order valence-electron chi connectivity index (χ2n) is 6.73. The Kier molecular flexibility index (Phi) is 6.84. The number of rotatable bonds is 5. The molecule has 5 atom stereocenters. The second-order valence-corrected chi connectivity index (χ2v) is 8.04. The first kappa shape index (κ1) is 22.0. The molecule has 162 valence electrons. The Morgan fingerprint density at radius 1 is 1.21 bits per heavy atom. The molecule has 4 N–H and O–H groups in total. The predicted octanol–water partition coefficient (Wildman–Crippen LogP) is -1.52. The van der Waals surface area contributed by atoms with E-state index in [2.05, 4.69) is 35.7 Å². The van der Waals surface area contributed by atoms with Crippen molar-refractivity contribution in [3.05, 3.63) is 12.7 Å². The monoisotopic (exact) mass is 435 g/mol. The molecule has 0 bridgehead atoms. The summed E-state index contributed by atoms with van der Waals surface area (Å²) in [6.07, 6.45) is -0.906. The lowest BCUT2D eigenvalue weighted by atomic mass is 10.5. The summed E-state index contributed by atoms with van der Waals surface area (Å²) in [4.78, 5) is 25.2. The average molecular weight is 435 g/mol. The molecule has 13 heteroatoms. The van der Waals surface area contributed by atoms with Crippen molar-refractivity contribution in [3.8, 4) is 0 Å². The number of phosphoric acid groups is 1. The van der Waals surface area contributed by atoms with E-state index in [1.807, 2.05) is 0 Å². The number of imidazole rings is 1. The number of hydrogen-bond donors (Lipinski definition) is 3. The fourth-order valence-electron chi connectivity index (χ4n) is 3.45. The van der Waals surface area contributed by atoms with E-state index in [1.54, 1.807) is 4.90 Å². The van der Waals surface area contributed by atoms with Crippen LogP contribution in [0.15, 0.2) is 12.7 Å². The highest BCUT2D eigenvalue weighted by molar-refractivity contribution is 7.46. The molecule has 0 amide bonds. The number of anilines is 1. The van der Waals surface area contributed by atoms with Gasteiger partial charge in [-0.15, -0.1) is 0 Å². The Bertz CT molecular complexity index is 871. The summed E-state index contributed by atoms with van der Waals surface area (Å²) < 4.78 is 28.4. The largest absolute Gasteiger partial charge is 0.756 e. The zero-order valence-corrected chi connectivity index (χ0v) is 17.5. The highest BCUT2D eigenvalue weighted by Gasteiger charge is 2.54. The highest BCUT2D eigenvalue weighted by atomic mass is 31.2. The van der Waals surface area contributed by atoms with Crippen molar-refractivity contribution in [2.24, 2.45) is 0 Å². The topological polar surface area (TPSA) is 162 Å². The molecule has 0 aromatic carbocycles. The van der Waals surface area contributed by atoms with Gasteiger partial charge in [0.25, 0.3) is 7.82 Å². The van der Waals surface area contributed by atoms with Crippen molar-refractivity contribution in [2.45, 2.75) is 45.3 Å². The number of aliphatic hydroxyl groups excluding tert-OH is 1. The van der Waals surface area contributed by atoms with Crippen LogP contribution in [0.4, 0.5) is 5.82 Å². The lowest BCUT2D eigenvalue weighted by Crippen LogP contribution is -3.11. The maximum absolute atomic E-state index is 11.5. The molecule has 4 rings (SSSR count). The highest BCUT2D eigenvalue weighted by Crippen LogP contribution is 2.55. The number of nitrogen functional groups attached to an aromatic ring is 1. The molecule has 2 saturated heterocycles. The van der Waals surface area contributed by atoms with E-state index < -0.39 is 39.0 Å². The van der Waals surface area contributed by atoms with Crippen LogP contribution < -0.4 is 15.5 Å².